The normalized spacial score (nSPS) is 11.0. The maximum atomic E-state index is 5.23. The quantitative estimate of drug-likeness (QED) is 0.605. The molecule has 2 nitrogen and oxygen atoms in total. The molecule has 3 heteroatoms. The fourth-order valence-electron chi connectivity index (χ4n) is 2.65. The lowest BCUT2D eigenvalue weighted by atomic mass is 10.2. The summed E-state index contributed by atoms with van der Waals surface area (Å²) < 4.78 is 5.23. The van der Waals surface area contributed by atoms with E-state index in [0.717, 1.165) is 25.4 Å². The van der Waals surface area contributed by atoms with Gasteiger partial charge in [-0.15, -0.1) is 0 Å². The second-order valence-corrected chi connectivity index (χ2v) is 6.78. The minimum absolute atomic E-state index is 0.903. The second-order valence-electron chi connectivity index (χ2n) is 5.66. The van der Waals surface area contributed by atoms with Crippen LogP contribution in [0.2, 0.25) is 0 Å². The highest BCUT2D eigenvalue weighted by molar-refractivity contribution is 7.99. The average Bonchev–Trinajstić information content (AvgIpc) is 2.58. The van der Waals surface area contributed by atoms with Gasteiger partial charge < -0.3 is 4.74 Å². The fourth-order valence-corrected chi connectivity index (χ4v) is 3.58. The lowest BCUT2D eigenvalue weighted by Crippen LogP contribution is -2.25. The summed E-state index contributed by atoms with van der Waals surface area (Å²) in [6.45, 7) is 7.85. The number of benzene rings is 2. The van der Waals surface area contributed by atoms with Gasteiger partial charge in [-0.25, -0.2) is 0 Å². The van der Waals surface area contributed by atoms with Crippen LogP contribution in [0.4, 0.5) is 0 Å². The van der Waals surface area contributed by atoms with E-state index in [1.54, 1.807) is 7.11 Å². The van der Waals surface area contributed by atoms with Crippen molar-refractivity contribution in [2.75, 3.05) is 20.2 Å². The molecule has 0 bridgehead atoms. The summed E-state index contributed by atoms with van der Waals surface area (Å²) in [6.07, 6.45) is 2.40. The van der Waals surface area contributed by atoms with Crippen LogP contribution in [0.1, 0.15) is 32.3 Å². The molecular formula is C20H27NOS. The molecular weight excluding hydrogens is 302 g/mol. The first-order valence-electron chi connectivity index (χ1n) is 8.39. The van der Waals surface area contributed by atoms with Gasteiger partial charge in [-0.2, -0.15) is 0 Å². The van der Waals surface area contributed by atoms with Crippen molar-refractivity contribution in [2.24, 2.45) is 0 Å². The molecule has 2 aromatic carbocycles. The molecule has 0 fully saturated rings. The van der Waals surface area contributed by atoms with Crippen LogP contribution in [0.5, 0.6) is 5.75 Å². The van der Waals surface area contributed by atoms with Gasteiger partial charge in [-0.3, -0.25) is 4.90 Å². The third kappa shape index (κ3) is 5.60. The minimum atomic E-state index is 0.903. The molecule has 0 heterocycles. The molecule has 2 rings (SSSR count). The summed E-state index contributed by atoms with van der Waals surface area (Å²) in [6, 6.07) is 17.0. The maximum absolute atomic E-state index is 5.23. The molecule has 0 saturated heterocycles. The van der Waals surface area contributed by atoms with Crippen molar-refractivity contribution in [1.29, 1.82) is 0 Å². The molecule has 0 aromatic heterocycles. The molecule has 0 aliphatic heterocycles. The first-order valence-corrected chi connectivity index (χ1v) is 9.20. The average molecular weight is 330 g/mol. The number of rotatable bonds is 9. The van der Waals surface area contributed by atoms with Crippen LogP contribution < -0.4 is 4.74 Å². The number of methoxy groups -OCH3 is 1. The Morgan fingerprint density at radius 1 is 0.913 bits per heavy atom. The van der Waals surface area contributed by atoms with Crippen LogP contribution in [-0.2, 0) is 6.54 Å². The number of ether oxygens (including phenoxy) is 1. The Morgan fingerprint density at radius 3 is 2.17 bits per heavy atom. The molecule has 124 valence electrons. The van der Waals surface area contributed by atoms with E-state index in [1.165, 1.54) is 28.2 Å². The van der Waals surface area contributed by atoms with Crippen molar-refractivity contribution in [3.05, 3.63) is 54.1 Å². The summed E-state index contributed by atoms with van der Waals surface area (Å²) >= 11 is 1.83. The van der Waals surface area contributed by atoms with Gasteiger partial charge in [0.2, 0.25) is 0 Å². The highest BCUT2D eigenvalue weighted by Crippen LogP contribution is 2.32. The minimum Gasteiger partial charge on any atom is -0.497 e. The molecule has 0 saturated carbocycles. The van der Waals surface area contributed by atoms with Crippen molar-refractivity contribution in [2.45, 2.75) is 43.0 Å². The predicted molar refractivity (Wildman–Crippen MR) is 99.4 cm³/mol. The lowest BCUT2D eigenvalue weighted by molar-refractivity contribution is 0.265. The van der Waals surface area contributed by atoms with Gasteiger partial charge in [0.15, 0.2) is 0 Å². The third-order valence-electron chi connectivity index (χ3n) is 3.73. The SMILES string of the molecule is CCCN(CCC)Cc1ccccc1Sc1ccc(OC)cc1. The summed E-state index contributed by atoms with van der Waals surface area (Å²) in [4.78, 5) is 5.14. The molecule has 23 heavy (non-hydrogen) atoms. The van der Waals surface area contributed by atoms with Gasteiger partial charge in [0.1, 0.15) is 5.75 Å². The number of hydrogen-bond acceptors (Lipinski definition) is 3. The largest absolute Gasteiger partial charge is 0.497 e. The van der Waals surface area contributed by atoms with E-state index in [-0.39, 0.29) is 0 Å². The van der Waals surface area contributed by atoms with E-state index >= 15 is 0 Å². The molecule has 2 aromatic rings. The summed E-state index contributed by atoms with van der Waals surface area (Å²) in [7, 11) is 1.70. The van der Waals surface area contributed by atoms with Crippen molar-refractivity contribution in [3.63, 3.8) is 0 Å². The van der Waals surface area contributed by atoms with Crippen LogP contribution in [0.15, 0.2) is 58.3 Å². The van der Waals surface area contributed by atoms with Crippen LogP contribution in [0, 0.1) is 0 Å². The molecule has 0 N–H and O–H groups in total. The topological polar surface area (TPSA) is 12.5 Å². The van der Waals surface area contributed by atoms with E-state index in [9.17, 15) is 0 Å². The van der Waals surface area contributed by atoms with Crippen molar-refractivity contribution in [1.82, 2.24) is 4.90 Å². The third-order valence-corrected chi connectivity index (χ3v) is 4.86. The van der Waals surface area contributed by atoms with Crippen LogP contribution in [-0.4, -0.2) is 25.1 Å². The Morgan fingerprint density at radius 2 is 1.57 bits per heavy atom. The molecule has 0 aliphatic rings. The molecule has 0 aliphatic carbocycles. The Bertz CT molecular complexity index is 576. The number of hydrogen-bond donors (Lipinski definition) is 0. The van der Waals surface area contributed by atoms with E-state index in [0.29, 0.717) is 0 Å². The highest BCUT2D eigenvalue weighted by atomic mass is 32.2. The monoisotopic (exact) mass is 329 g/mol. The van der Waals surface area contributed by atoms with Crippen LogP contribution in [0.25, 0.3) is 0 Å². The van der Waals surface area contributed by atoms with Crippen molar-refractivity contribution in [3.8, 4) is 5.75 Å². The Kier molecular flexibility index (Phi) is 7.50. The summed E-state index contributed by atoms with van der Waals surface area (Å²) in [5.41, 5.74) is 1.41. The second kappa shape index (κ2) is 9.64. The predicted octanol–water partition coefficient (Wildman–Crippen LogP) is 5.47. The smallest absolute Gasteiger partial charge is 0.118 e. The first-order chi connectivity index (χ1) is 11.3. The van der Waals surface area contributed by atoms with E-state index in [4.69, 9.17) is 4.74 Å². The standard InChI is InChI=1S/C20H27NOS/c1-4-14-21(15-5-2)16-17-8-6-7-9-20(17)23-19-12-10-18(22-3)11-13-19/h6-13H,4-5,14-16H2,1-3H3. The molecule has 0 spiro atoms. The Labute approximate surface area is 144 Å². The van der Waals surface area contributed by atoms with Crippen LogP contribution >= 0.6 is 11.8 Å². The first kappa shape index (κ1) is 17.9. The van der Waals surface area contributed by atoms with E-state index in [1.807, 2.05) is 23.9 Å². The van der Waals surface area contributed by atoms with Gasteiger partial charge in [0.25, 0.3) is 0 Å². The van der Waals surface area contributed by atoms with Crippen LogP contribution in [0.3, 0.4) is 0 Å². The zero-order valence-electron chi connectivity index (χ0n) is 14.4. The molecule has 0 radical (unpaired) electrons. The maximum Gasteiger partial charge on any atom is 0.118 e. The zero-order chi connectivity index (χ0) is 16.5. The van der Waals surface area contributed by atoms with Gasteiger partial charge in [0, 0.05) is 16.3 Å². The Hall–Kier alpha value is -1.45. The van der Waals surface area contributed by atoms with Crippen molar-refractivity contribution < 1.29 is 4.74 Å². The van der Waals surface area contributed by atoms with Gasteiger partial charge in [-0.05, 0) is 61.8 Å². The van der Waals surface area contributed by atoms with Gasteiger partial charge >= 0.3 is 0 Å². The van der Waals surface area contributed by atoms with Gasteiger partial charge in [0.05, 0.1) is 7.11 Å². The zero-order valence-corrected chi connectivity index (χ0v) is 15.2. The molecule has 0 amide bonds. The van der Waals surface area contributed by atoms with E-state index in [2.05, 4.69) is 55.1 Å². The summed E-state index contributed by atoms with van der Waals surface area (Å²) in [5, 5.41) is 0. The fraction of sp³-hybridized carbons (Fsp3) is 0.400. The lowest BCUT2D eigenvalue weighted by Gasteiger charge is -2.22. The number of nitrogens with zero attached hydrogens (tertiary/aromatic N) is 1. The Balaban J connectivity index is 2.12. The molecule has 0 unspecified atom stereocenters. The van der Waals surface area contributed by atoms with Crippen molar-refractivity contribution >= 4 is 11.8 Å². The van der Waals surface area contributed by atoms with Gasteiger partial charge in [-0.1, -0.05) is 43.8 Å². The molecule has 0 atom stereocenters. The summed E-state index contributed by atoms with van der Waals surface area (Å²) in [5.74, 6) is 0.903. The highest BCUT2D eigenvalue weighted by Gasteiger charge is 2.09. The van der Waals surface area contributed by atoms with E-state index < -0.39 is 0 Å².